The molecule has 0 aliphatic heterocycles. The van der Waals surface area contributed by atoms with Crippen molar-refractivity contribution in [1.29, 1.82) is 0 Å². The highest BCUT2D eigenvalue weighted by atomic mass is 32.2. The quantitative estimate of drug-likeness (QED) is 0.597. The number of hydrogen-bond acceptors (Lipinski definition) is 5. The van der Waals surface area contributed by atoms with Gasteiger partial charge < -0.3 is 11.2 Å². The SMILES string of the molecule is CCC(CC)NC(=O)CSc1nnc(-c2ccccc2F)n1N. The van der Waals surface area contributed by atoms with Gasteiger partial charge in [-0.3, -0.25) is 4.79 Å². The average molecular weight is 337 g/mol. The third-order valence-corrected chi connectivity index (χ3v) is 4.41. The summed E-state index contributed by atoms with van der Waals surface area (Å²) in [5.74, 6) is 5.82. The second kappa shape index (κ2) is 7.96. The number of carbonyl (C=O) groups is 1. The summed E-state index contributed by atoms with van der Waals surface area (Å²) in [6.45, 7) is 4.05. The Hall–Kier alpha value is -2.09. The summed E-state index contributed by atoms with van der Waals surface area (Å²) in [5.41, 5.74) is 0.274. The Morgan fingerprint density at radius 3 is 2.70 bits per heavy atom. The lowest BCUT2D eigenvalue weighted by Crippen LogP contribution is -2.35. The highest BCUT2D eigenvalue weighted by Gasteiger charge is 2.16. The van der Waals surface area contributed by atoms with Crippen molar-refractivity contribution in [3.63, 3.8) is 0 Å². The van der Waals surface area contributed by atoms with E-state index in [9.17, 15) is 9.18 Å². The predicted octanol–water partition coefficient (Wildman–Crippen LogP) is 2.19. The van der Waals surface area contributed by atoms with Crippen LogP contribution in [0.1, 0.15) is 26.7 Å². The third-order valence-electron chi connectivity index (χ3n) is 3.46. The molecule has 8 heteroatoms. The van der Waals surface area contributed by atoms with Crippen molar-refractivity contribution < 1.29 is 9.18 Å². The molecule has 0 bridgehead atoms. The van der Waals surface area contributed by atoms with E-state index in [1.807, 2.05) is 13.8 Å². The van der Waals surface area contributed by atoms with E-state index >= 15 is 0 Å². The van der Waals surface area contributed by atoms with Gasteiger partial charge in [0.25, 0.3) is 0 Å². The second-order valence-electron chi connectivity index (χ2n) is 5.03. The summed E-state index contributed by atoms with van der Waals surface area (Å²) in [7, 11) is 0. The van der Waals surface area contributed by atoms with Crippen LogP contribution in [0.2, 0.25) is 0 Å². The molecule has 124 valence electrons. The molecule has 6 nitrogen and oxygen atoms in total. The van der Waals surface area contributed by atoms with E-state index in [1.54, 1.807) is 18.2 Å². The van der Waals surface area contributed by atoms with Gasteiger partial charge in [-0.25, -0.2) is 9.07 Å². The Kier molecular flexibility index (Phi) is 5.97. The molecule has 0 fully saturated rings. The van der Waals surface area contributed by atoms with Crippen molar-refractivity contribution in [2.75, 3.05) is 11.6 Å². The minimum atomic E-state index is -0.422. The van der Waals surface area contributed by atoms with Crippen LogP contribution >= 0.6 is 11.8 Å². The molecular formula is C15H20FN5OS. The smallest absolute Gasteiger partial charge is 0.230 e. The molecule has 0 radical (unpaired) electrons. The standard InChI is InChI=1S/C15H20FN5OS/c1-3-10(4-2)18-13(22)9-23-15-20-19-14(21(15)17)11-7-5-6-8-12(11)16/h5-8,10H,3-4,9,17H2,1-2H3,(H,18,22). The number of benzene rings is 1. The minimum Gasteiger partial charge on any atom is -0.353 e. The van der Waals surface area contributed by atoms with E-state index in [0.717, 1.165) is 12.8 Å². The largest absolute Gasteiger partial charge is 0.353 e. The van der Waals surface area contributed by atoms with Crippen molar-refractivity contribution in [3.05, 3.63) is 30.1 Å². The van der Waals surface area contributed by atoms with Gasteiger partial charge in [-0.1, -0.05) is 37.7 Å². The third kappa shape index (κ3) is 4.22. The molecule has 0 saturated heterocycles. The first kappa shape index (κ1) is 17.3. The van der Waals surface area contributed by atoms with Crippen LogP contribution in [-0.4, -0.2) is 32.6 Å². The van der Waals surface area contributed by atoms with Crippen LogP contribution in [0.5, 0.6) is 0 Å². The molecule has 0 spiro atoms. The van der Waals surface area contributed by atoms with Gasteiger partial charge in [-0.15, -0.1) is 10.2 Å². The molecule has 1 heterocycles. The lowest BCUT2D eigenvalue weighted by molar-refractivity contribution is -0.119. The summed E-state index contributed by atoms with van der Waals surface area (Å²) in [5, 5.41) is 11.1. The number of carbonyl (C=O) groups excluding carboxylic acids is 1. The van der Waals surface area contributed by atoms with Crippen LogP contribution in [-0.2, 0) is 4.79 Å². The number of aromatic nitrogens is 3. The van der Waals surface area contributed by atoms with Gasteiger partial charge in [0.2, 0.25) is 11.1 Å². The van der Waals surface area contributed by atoms with Crippen molar-refractivity contribution in [2.24, 2.45) is 0 Å². The van der Waals surface area contributed by atoms with Crippen LogP contribution in [0.25, 0.3) is 11.4 Å². The summed E-state index contributed by atoms with van der Waals surface area (Å²) in [6.07, 6.45) is 1.77. The van der Waals surface area contributed by atoms with Crippen molar-refractivity contribution >= 4 is 17.7 Å². The minimum absolute atomic E-state index is 0.0841. The summed E-state index contributed by atoms with van der Waals surface area (Å²) in [6, 6.07) is 6.38. The van der Waals surface area contributed by atoms with Crippen LogP contribution in [0.4, 0.5) is 4.39 Å². The molecule has 0 unspecified atom stereocenters. The predicted molar refractivity (Wildman–Crippen MR) is 88.8 cm³/mol. The van der Waals surface area contributed by atoms with Crippen LogP contribution < -0.4 is 11.2 Å². The number of halogens is 1. The van der Waals surface area contributed by atoms with E-state index in [4.69, 9.17) is 5.84 Å². The zero-order chi connectivity index (χ0) is 16.8. The molecule has 0 atom stereocenters. The van der Waals surface area contributed by atoms with Gasteiger partial charge >= 0.3 is 0 Å². The maximum absolute atomic E-state index is 13.8. The number of rotatable bonds is 7. The maximum Gasteiger partial charge on any atom is 0.230 e. The Bertz CT molecular complexity index is 672. The number of nitrogens with two attached hydrogens (primary N) is 1. The highest BCUT2D eigenvalue weighted by molar-refractivity contribution is 7.99. The maximum atomic E-state index is 13.8. The Morgan fingerprint density at radius 2 is 2.04 bits per heavy atom. The van der Waals surface area contributed by atoms with E-state index in [1.165, 1.54) is 22.5 Å². The molecule has 2 aromatic rings. The van der Waals surface area contributed by atoms with Crippen molar-refractivity contribution in [3.8, 4) is 11.4 Å². The van der Waals surface area contributed by atoms with Crippen molar-refractivity contribution in [2.45, 2.75) is 37.9 Å². The molecule has 0 aliphatic rings. The fourth-order valence-corrected chi connectivity index (χ4v) is 2.76. The molecule has 23 heavy (non-hydrogen) atoms. The number of nitrogens with one attached hydrogen (secondary N) is 1. The van der Waals surface area contributed by atoms with Gasteiger partial charge in [-0.2, -0.15) is 0 Å². The number of hydrogen-bond donors (Lipinski definition) is 2. The molecule has 2 rings (SSSR count). The lowest BCUT2D eigenvalue weighted by atomic mass is 10.2. The number of nitrogens with zero attached hydrogens (tertiary/aromatic N) is 3. The fourth-order valence-electron chi connectivity index (χ4n) is 2.09. The van der Waals surface area contributed by atoms with Crippen molar-refractivity contribution in [1.82, 2.24) is 20.2 Å². The summed E-state index contributed by atoms with van der Waals surface area (Å²) in [4.78, 5) is 11.9. The topological polar surface area (TPSA) is 85.8 Å². The van der Waals surface area contributed by atoms with Gasteiger partial charge in [0.05, 0.1) is 11.3 Å². The van der Waals surface area contributed by atoms with E-state index < -0.39 is 5.82 Å². The molecular weight excluding hydrogens is 317 g/mol. The molecule has 0 saturated carbocycles. The molecule has 0 aliphatic carbocycles. The molecule has 1 aromatic heterocycles. The summed E-state index contributed by atoms with van der Waals surface area (Å²) >= 11 is 1.17. The van der Waals surface area contributed by atoms with Crippen LogP contribution in [0.15, 0.2) is 29.4 Å². The first-order valence-electron chi connectivity index (χ1n) is 7.44. The lowest BCUT2D eigenvalue weighted by Gasteiger charge is -2.14. The average Bonchev–Trinajstić information content (AvgIpc) is 2.92. The number of thioether (sulfide) groups is 1. The van der Waals surface area contributed by atoms with Gasteiger partial charge in [0, 0.05) is 6.04 Å². The van der Waals surface area contributed by atoms with E-state index in [0.29, 0.717) is 5.16 Å². The fraction of sp³-hybridized carbons (Fsp3) is 0.400. The van der Waals surface area contributed by atoms with Gasteiger partial charge in [0.15, 0.2) is 5.82 Å². The zero-order valence-corrected chi connectivity index (χ0v) is 13.9. The van der Waals surface area contributed by atoms with E-state index in [-0.39, 0.29) is 29.1 Å². The molecule has 1 aromatic carbocycles. The normalized spacial score (nSPS) is 11.0. The van der Waals surface area contributed by atoms with Crippen LogP contribution in [0.3, 0.4) is 0 Å². The van der Waals surface area contributed by atoms with Gasteiger partial charge in [0.1, 0.15) is 5.82 Å². The molecule has 1 amide bonds. The number of nitrogen functional groups attached to an aromatic ring is 1. The Morgan fingerprint density at radius 1 is 1.35 bits per heavy atom. The monoisotopic (exact) mass is 337 g/mol. The first-order valence-corrected chi connectivity index (χ1v) is 8.42. The Balaban J connectivity index is 2.03. The second-order valence-corrected chi connectivity index (χ2v) is 5.97. The highest BCUT2D eigenvalue weighted by Crippen LogP contribution is 2.23. The zero-order valence-electron chi connectivity index (χ0n) is 13.1. The van der Waals surface area contributed by atoms with Gasteiger partial charge in [-0.05, 0) is 25.0 Å². The molecule has 3 N–H and O–H groups in total. The summed E-state index contributed by atoms with van der Waals surface area (Å²) < 4.78 is 15.0. The van der Waals surface area contributed by atoms with Crippen LogP contribution in [0, 0.1) is 5.82 Å². The Labute approximate surface area is 138 Å². The van der Waals surface area contributed by atoms with E-state index in [2.05, 4.69) is 15.5 Å². The first-order chi connectivity index (χ1) is 11.1. The number of amides is 1.